The predicted molar refractivity (Wildman–Crippen MR) is 73.4 cm³/mol. The van der Waals surface area contributed by atoms with Crippen LogP contribution < -0.4 is 0 Å². The summed E-state index contributed by atoms with van der Waals surface area (Å²) >= 11 is 3.39. The molecule has 1 aliphatic rings. The number of carbonyl (C=O) groups excluding carboxylic acids is 1. The quantitative estimate of drug-likeness (QED) is 0.578. The smallest absolute Gasteiger partial charge is 0.320 e. The zero-order chi connectivity index (χ0) is 12.7. The van der Waals surface area contributed by atoms with Crippen molar-refractivity contribution >= 4 is 21.9 Å². The van der Waals surface area contributed by atoms with Crippen LogP contribution in [0.1, 0.15) is 39.0 Å². The molecule has 0 aromatic carbocycles. The van der Waals surface area contributed by atoms with Crippen molar-refractivity contribution in [1.82, 2.24) is 4.90 Å². The van der Waals surface area contributed by atoms with Gasteiger partial charge in [0.15, 0.2) is 0 Å². The molecule has 1 rings (SSSR count). The Labute approximate surface area is 113 Å². The molecular formula is C13H24BrNO2. The molecule has 1 fully saturated rings. The highest BCUT2D eigenvalue weighted by molar-refractivity contribution is 9.10. The van der Waals surface area contributed by atoms with Crippen LogP contribution in [0.15, 0.2) is 0 Å². The highest BCUT2D eigenvalue weighted by atomic mass is 79.9. The van der Waals surface area contributed by atoms with E-state index >= 15 is 0 Å². The average Bonchev–Trinajstić information content (AvgIpc) is 2.54. The molecule has 0 aromatic rings. The van der Waals surface area contributed by atoms with E-state index in [2.05, 4.69) is 27.8 Å². The number of rotatable bonds is 5. The van der Waals surface area contributed by atoms with E-state index < -0.39 is 0 Å². The summed E-state index contributed by atoms with van der Waals surface area (Å²) in [5.74, 6) is 0.719. The van der Waals surface area contributed by atoms with Gasteiger partial charge in [0.25, 0.3) is 0 Å². The molecule has 3 nitrogen and oxygen atoms in total. The molecule has 0 bridgehead atoms. The highest BCUT2D eigenvalue weighted by Crippen LogP contribution is 2.22. The summed E-state index contributed by atoms with van der Waals surface area (Å²) in [5, 5.41) is 0. The topological polar surface area (TPSA) is 29.5 Å². The highest BCUT2D eigenvalue weighted by Gasteiger charge is 2.22. The van der Waals surface area contributed by atoms with Crippen molar-refractivity contribution < 1.29 is 9.53 Å². The van der Waals surface area contributed by atoms with Gasteiger partial charge in [-0.1, -0.05) is 35.7 Å². The largest absolute Gasteiger partial charge is 0.468 e. The third-order valence-electron chi connectivity index (χ3n) is 3.51. The summed E-state index contributed by atoms with van der Waals surface area (Å²) in [7, 11) is 1.44. The summed E-state index contributed by atoms with van der Waals surface area (Å²) in [5.41, 5.74) is 0. The molecule has 17 heavy (non-hydrogen) atoms. The fourth-order valence-electron chi connectivity index (χ4n) is 2.53. The van der Waals surface area contributed by atoms with Crippen LogP contribution >= 0.6 is 15.9 Å². The Morgan fingerprint density at radius 3 is 2.88 bits per heavy atom. The number of carbonyl (C=O) groups is 1. The molecule has 1 saturated heterocycles. The molecule has 0 aliphatic carbocycles. The number of esters is 1. The first-order valence-corrected chi connectivity index (χ1v) is 7.53. The summed E-state index contributed by atoms with van der Waals surface area (Å²) < 4.78 is 4.73. The van der Waals surface area contributed by atoms with Crippen molar-refractivity contribution in [1.29, 1.82) is 0 Å². The van der Waals surface area contributed by atoms with Crippen LogP contribution in [0.5, 0.6) is 0 Å². The van der Waals surface area contributed by atoms with Gasteiger partial charge in [-0.05, 0) is 38.3 Å². The first-order valence-electron chi connectivity index (χ1n) is 6.61. The lowest BCUT2D eigenvalue weighted by atomic mass is 9.96. The Bertz CT molecular complexity index is 235. The van der Waals surface area contributed by atoms with Crippen LogP contribution in [-0.4, -0.2) is 42.4 Å². The van der Waals surface area contributed by atoms with E-state index in [1.807, 2.05) is 0 Å². The van der Waals surface area contributed by atoms with Gasteiger partial charge < -0.3 is 9.64 Å². The van der Waals surface area contributed by atoms with E-state index in [4.69, 9.17) is 4.74 Å². The molecule has 1 aliphatic heterocycles. The maximum Gasteiger partial charge on any atom is 0.320 e. The average molecular weight is 306 g/mol. The molecule has 0 spiro atoms. The number of likely N-dealkylation sites (tertiary alicyclic amines) is 1. The summed E-state index contributed by atoms with van der Waals surface area (Å²) in [6.45, 7) is 5.25. The minimum atomic E-state index is -0.185. The van der Waals surface area contributed by atoms with Gasteiger partial charge in [0.1, 0.15) is 4.83 Å². The standard InChI is InChI=1S/C13H24BrNO2/c1-3-5-11-6-4-8-15(9-7-11)10-12(14)13(16)17-2/h11-12H,3-10H2,1-2H3. The first-order chi connectivity index (χ1) is 8.17. The molecular weight excluding hydrogens is 282 g/mol. The lowest BCUT2D eigenvalue weighted by Crippen LogP contribution is -2.35. The fraction of sp³-hybridized carbons (Fsp3) is 0.923. The van der Waals surface area contributed by atoms with E-state index in [0.717, 1.165) is 25.6 Å². The Hall–Kier alpha value is -0.0900. The maximum absolute atomic E-state index is 11.3. The van der Waals surface area contributed by atoms with Crippen molar-refractivity contribution in [2.24, 2.45) is 5.92 Å². The Kier molecular flexibility index (Phi) is 7.12. The molecule has 2 unspecified atom stereocenters. The first kappa shape index (κ1) is 15.0. The Morgan fingerprint density at radius 1 is 1.47 bits per heavy atom. The molecule has 4 heteroatoms. The van der Waals surface area contributed by atoms with Crippen molar-refractivity contribution in [3.05, 3.63) is 0 Å². The van der Waals surface area contributed by atoms with Gasteiger partial charge >= 0.3 is 5.97 Å². The predicted octanol–water partition coefficient (Wildman–Crippen LogP) is 2.83. The monoisotopic (exact) mass is 305 g/mol. The minimum Gasteiger partial charge on any atom is -0.468 e. The number of ether oxygens (including phenoxy) is 1. The number of hydrogen-bond donors (Lipinski definition) is 0. The molecule has 0 N–H and O–H groups in total. The lowest BCUT2D eigenvalue weighted by Gasteiger charge is -2.22. The van der Waals surface area contributed by atoms with Crippen molar-refractivity contribution in [3.63, 3.8) is 0 Å². The van der Waals surface area contributed by atoms with Crippen LogP contribution in [0, 0.1) is 5.92 Å². The van der Waals surface area contributed by atoms with Crippen LogP contribution in [-0.2, 0) is 9.53 Å². The summed E-state index contributed by atoms with van der Waals surface area (Å²) in [4.78, 5) is 13.5. The van der Waals surface area contributed by atoms with E-state index in [9.17, 15) is 4.79 Å². The van der Waals surface area contributed by atoms with Gasteiger partial charge in [0.05, 0.1) is 7.11 Å². The zero-order valence-electron chi connectivity index (χ0n) is 11.0. The van der Waals surface area contributed by atoms with Gasteiger partial charge in [-0.3, -0.25) is 4.79 Å². The SMILES string of the molecule is CCCC1CCCN(CC(Br)C(=O)OC)CC1. The fourth-order valence-corrected chi connectivity index (χ4v) is 3.13. The molecule has 0 aromatic heterocycles. The van der Waals surface area contributed by atoms with Crippen molar-refractivity contribution in [2.45, 2.75) is 43.9 Å². The molecule has 0 amide bonds. The van der Waals surface area contributed by atoms with E-state index in [1.165, 1.54) is 39.2 Å². The minimum absolute atomic E-state index is 0.167. The third kappa shape index (κ3) is 5.38. The van der Waals surface area contributed by atoms with Gasteiger partial charge in [0, 0.05) is 6.54 Å². The molecule has 0 radical (unpaired) electrons. The zero-order valence-corrected chi connectivity index (χ0v) is 12.5. The number of nitrogens with zero attached hydrogens (tertiary/aromatic N) is 1. The second-order valence-corrected chi connectivity index (χ2v) is 5.98. The van der Waals surface area contributed by atoms with Crippen LogP contribution in [0.4, 0.5) is 0 Å². The van der Waals surface area contributed by atoms with Crippen molar-refractivity contribution in [3.8, 4) is 0 Å². The second kappa shape index (κ2) is 8.09. The summed E-state index contributed by atoms with van der Waals surface area (Å²) in [6.07, 6.45) is 6.51. The number of methoxy groups -OCH3 is 1. The van der Waals surface area contributed by atoms with Crippen LogP contribution in [0.2, 0.25) is 0 Å². The van der Waals surface area contributed by atoms with Crippen LogP contribution in [0.25, 0.3) is 0 Å². The number of hydrogen-bond acceptors (Lipinski definition) is 3. The van der Waals surface area contributed by atoms with Gasteiger partial charge in [-0.25, -0.2) is 0 Å². The molecule has 0 saturated carbocycles. The van der Waals surface area contributed by atoms with Gasteiger partial charge in [-0.2, -0.15) is 0 Å². The Balaban J connectivity index is 2.33. The van der Waals surface area contributed by atoms with E-state index in [0.29, 0.717) is 0 Å². The van der Waals surface area contributed by atoms with Crippen LogP contribution in [0.3, 0.4) is 0 Å². The van der Waals surface area contributed by atoms with Crippen molar-refractivity contribution in [2.75, 3.05) is 26.7 Å². The third-order valence-corrected chi connectivity index (χ3v) is 4.18. The lowest BCUT2D eigenvalue weighted by molar-refractivity contribution is -0.140. The normalized spacial score (nSPS) is 24.1. The second-order valence-electron chi connectivity index (χ2n) is 4.88. The van der Waals surface area contributed by atoms with E-state index in [-0.39, 0.29) is 10.8 Å². The molecule has 1 heterocycles. The van der Waals surface area contributed by atoms with Gasteiger partial charge in [-0.15, -0.1) is 0 Å². The number of alkyl halides is 1. The maximum atomic E-state index is 11.3. The number of halogens is 1. The molecule has 2 atom stereocenters. The molecule has 100 valence electrons. The summed E-state index contributed by atoms with van der Waals surface area (Å²) in [6, 6.07) is 0. The van der Waals surface area contributed by atoms with Gasteiger partial charge in [0.2, 0.25) is 0 Å². The van der Waals surface area contributed by atoms with E-state index in [1.54, 1.807) is 0 Å². The Morgan fingerprint density at radius 2 is 2.24 bits per heavy atom.